The lowest BCUT2D eigenvalue weighted by atomic mass is 10.2. The summed E-state index contributed by atoms with van der Waals surface area (Å²) in [5.74, 6) is -0.0553. The molecular weight excluding hydrogens is 384 g/mol. The predicted octanol–water partition coefficient (Wildman–Crippen LogP) is 3.20. The number of ether oxygens (including phenoxy) is 3. The Hall–Kier alpha value is -3.79. The Morgan fingerprint density at radius 2 is 1.90 bits per heavy atom. The van der Waals surface area contributed by atoms with Gasteiger partial charge in [0.05, 0.1) is 7.11 Å². The first kappa shape index (κ1) is 22.5. The van der Waals surface area contributed by atoms with Crippen molar-refractivity contribution >= 4 is 18.0 Å². The van der Waals surface area contributed by atoms with E-state index in [0.29, 0.717) is 23.6 Å². The first-order chi connectivity index (χ1) is 14.4. The Kier molecular flexibility index (Phi) is 8.45. The maximum atomic E-state index is 12.4. The van der Waals surface area contributed by atoms with Crippen LogP contribution in [0.1, 0.15) is 18.1 Å². The number of benzene rings is 2. The number of hydrogen-bond donors (Lipinski definition) is 0. The first-order valence-electron chi connectivity index (χ1n) is 9.30. The summed E-state index contributed by atoms with van der Waals surface area (Å²) in [5, 5.41) is 8.60. The van der Waals surface area contributed by atoms with Gasteiger partial charge in [0.25, 0.3) is 5.91 Å². The van der Waals surface area contributed by atoms with Crippen molar-refractivity contribution in [3.05, 3.63) is 65.7 Å². The highest BCUT2D eigenvalue weighted by Gasteiger charge is 2.20. The highest BCUT2D eigenvalue weighted by atomic mass is 16.5. The predicted molar refractivity (Wildman–Crippen MR) is 112 cm³/mol. The third kappa shape index (κ3) is 6.67. The average molecular weight is 408 g/mol. The van der Waals surface area contributed by atoms with Crippen LogP contribution < -0.4 is 9.47 Å². The second-order valence-electron chi connectivity index (χ2n) is 6.45. The lowest BCUT2D eigenvalue weighted by Gasteiger charge is -2.21. The summed E-state index contributed by atoms with van der Waals surface area (Å²) < 4.78 is 15.7. The molecule has 2 aromatic carbocycles. The molecule has 0 saturated carbocycles. The van der Waals surface area contributed by atoms with Gasteiger partial charge < -0.3 is 19.1 Å². The van der Waals surface area contributed by atoms with Crippen molar-refractivity contribution in [2.45, 2.75) is 19.6 Å². The molecule has 0 aliphatic heterocycles. The van der Waals surface area contributed by atoms with E-state index in [1.165, 1.54) is 18.1 Å². The molecular formula is C23H24N2O5. The summed E-state index contributed by atoms with van der Waals surface area (Å²) in [6, 6.07) is 16.5. The molecule has 7 heteroatoms. The summed E-state index contributed by atoms with van der Waals surface area (Å²) in [4.78, 5) is 26.1. The monoisotopic (exact) mass is 408 g/mol. The summed E-state index contributed by atoms with van der Waals surface area (Å²) >= 11 is 0. The van der Waals surface area contributed by atoms with Crippen molar-refractivity contribution in [1.29, 1.82) is 5.26 Å². The van der Waals surface area contributed by atoms with E-state index >= 15 is 0 Å². The van der Waals surface area contributed by atoms with Gasteiger partial charge in [0.15, 0.2) is 24.2 Å². The molecule has 0 N–H and O–H groups in total. The summed E-state index contributed by atoms with van der Waals surface area (Å²) in [6.07, 6.45) is 1.88. The minimum Gasteiger partial charge on any atom is -0.493 e. The first-order valence-corrected chi connectivity index (χ1v) is 9.30. The van der Waals surface area contributed by atoms with Crippen LogP contribution in [-0.2, 0) is 20.9 Å². The number of rotatable bonds is 9. The Balaban J connectivity index is 1.93. The summed E-state index contributed by atoms with van der Waals surface area (Å²) in [6.45, 7) is 1.87. The number of carbonyl (C=O) groups is 2. The zero-order valence-corrected chi connectivity index (χ0v) is 17.2. The lowest BCUT2D eigenvalue weighted by Crippen LogP contribution is -2.36. The molecule has 0 radical (unpaired) electrons. The van der Waals surface area contributed by atoms with E-state index in [1.807, 2.05) is 36.4 Å². The largest absolute Gasteiger partial charge is 0.493 e. The van der Waals surface area contributed by atoms with Crippen LogP contribution in [0.15, 0.2) is 54.6 Å². The average Bonchev–Trinajstić information content (AvgIpc) is 2.76. The van der Waals surface area contributed by atoms with Crippen LogP contribution >= 0.6 is 0 Å². The molecule has 1 amide bonds. The molecule has 0 aliphatic rings. The standard InChI is InChI=1S/C23H24N2O5/c1-17(23(27)25(2)16-19-7-5-4-6-8-19)30-22(26)12-10-18-9-11-20(29-14-13-24)21(15-18)28-3/h4-12,15,17H,14,16H2,1-3H3/b12-10+/t17-/m0/s1. The van der Waals surface area contributed by atoms with Crippen LogP contribution in [-0.4, -0.2) is 43.6 Å². The van der Waals surface area contributed by atoms with Gasteiger partial charge in [-0.1, -0.05) is 36.4 Å². The minimum atomic E-state index is -0.910. The lowest BCUT2D eigenvalue weighted by molar-refractivity contribution is -0.154. The molecule has 30 heavy (non-hydrogen) atoms. The third-order valence-electron chi connectivity index (χ3n) is 4.17. The van der Waals surface area contributed by atoms with Crippen molar-refractivity contribution in [3.63, 3.8) is 0 Å². The number of nitrogens with zero attached hydrogens (tertiary/aromatic N) is 2. The highest BCUT2D eigenvalue weighted by Crippen LogP contribution is 2.28. The van der Waals surface area contributed by atoms with Crippen LogP contribution in [0.2, 0.25) is 0 Å². The van der Waals surface area contributed by atoms with Gasteiger partial charge in [-0.25, -0.2) is 4.79 Å². The summed E-state index contributed by atoms with van der Waals surface area (Å²) in [5.41, 5.74) is 1.66. The molecule has 0 aromatic heterocycles. The Morgan fingerprint density at radius 3 is 2.57 bits per heavy atom. The topological polar surface area (TPSA) is 88.9 Å². The Morgan fingerprint density at radius 1 is 1.17 bits per heavy atom. The molecule has 2 aromatic rings. The number of amides is 1. The van der Waals surface area contributed by atoms with E-state index in [4.69, 9.17) is 19.5 Å². The molecule has 0 saturated heterocycles. The van der Waals surface area contributed by atoms with E-state index in [1.54, 1.807) is 38.2 Å². The van der Waals surface area contributed by atoms with E-state index < -0.39 is 12.1 Å². The van der Waals surface area contributed by atoms with Crippen LogP contribution in [0.3, 0.4) is 0 Å². The molecule has 2 rings (SSSR count). The fraction of sp³-hybridized carbons (Fsp3) is 0.261. The van der Waals surface area contributed by atoms with Gasteiger partial charge in [-0.05, 0) is 36.3 Å². The molecule has 7 nitrogen and oxygen atoms in total. The normalized spacial score (nSPS) is 11.4. The van der Waals surface area contributed by atoms with Gasteiger partial charge in [0.1, 0.15) is 6.07 Å². The SMILES string of the molecule is COc1cc(/C=C/C(=O)O[C@@H](C)C(=O)N(C)Cc2ccccc2)ccc1OCC#N. The molecule has 0 fully saturated rings. The van der Waals surface area contributed by atoms with Crippen molar-refractivity contribution < 1.29 is 23.8 Å². The van der Waals surface area contributed by atoms with E-state index in [9.17, 15) is 9.59 Å². The van der Waals surface area contributed by atoms with Crippen molar-refractivity contribution in [2.24, 2.45) is 0 Å². The summed E-state index contributed by atoms with van der Waals surface area (Å²) in [7, 11) is 3.15. The number of carbonyl (C=O) groups excluding carboxylic acids is 2. The highest BCUT2D eigenvalue weighted by molar-refractivity contribution is 5.90. The molecule has 0 aliphatic carbocycles. The van der Waals surface area contributed by atoms with Crippen LogP contribution in [0.25, 0.3) is 6.08 Å². The zero-order chi connectivity index (χ0) is 21.9. The van der Waals surface area contributed by atoms with Crippen LogP contribution in [0.5, 0.6) is 11.5 Å². The Bertz CT molecular complexity index is 934. The van der Waals surface area contributed by atoms with Crippen LogP contribution in [0.4, 0.5) is 0 Å². The van der Waals surface area contributed by atoms with E-state index in [0.717, 1.165) is 5.56 Å². The van der Waals surface area contributed by atoms with Gasteiger partial charge in [-0.15, -0.1) is 0 Å². The number of likely N-dealkylation sites (N-methyl/N-ethyl adjacent to an activating group) is 1. The van der Waals surface area contributed by atoms with Gasteiger partial charge >= 0.3 is 5.97 Å². The maximum absolute atomic E-state index is 12.4. The molecule has 0 heterocycles. The zero-order valence-electron chi connectivity index (χ0n) is 17.2. The molecule has 0 spiro atoms. The smallest absolute Gasteiger partial charge is 0.331 e. The van der Waals surface area contributed by atoms with E-state index in [2.05, 4.69) is 0 Å². The van der Waals surface area contributed by atoms with Crippen molar-refractivity contribution in [1.82, 2.24) is 4.90 Å². The van der Waals surface area contributed by atoms with E-state index in [-0.39, 0.29) is 12.5 Å². The van der Waals surface area contributed by atoms with Crippen LogP contribution in [0, 0.1) is 11.3 Å². The minimum absolute atomic E-state index is 0.0947. The van der Waals surface area contributed by atoms with Gasteiger partial charge in [-0.2, -0.15) is 5.26 Å². The van der Waals surface area contributed by atoms with Gasteiger partial charge in [0, 0.05) is 19.7 Å². The van der Waals surface area contributed by atoms with Gasteiger partial charge in [-0.3, -0.25) is 4.79 Å². The second kappa shape index (κ2) is 11.3. The molecule has 0 bridgehead atoms. The number of methoxy groups -OCH3 is 1. The molecule has 0 unspecified atom stereocenters. The molecule has 156 valence electrons. The fourth-order valence-electron chi connectivity index (χ4n) is 2.69. The third-order valence-corrected chi connectivity index (χ3v) is 4.17. The number of esters is 1. The Labute approximate surface area is 176 Å². The van der Waals surface area contributed by atoms with Gasteiger partial charge in [0.2, 0.25) is 0 Å². The molecule has 1 atom stereocenters. The maximum Gasteiger partial charge on any atom is 0.331 e. The quantitative estimate of drug-likeness (QED) is 0.468. The fourth-order valence-corrected chi connectivity index (χ4v) is 2.69. The second-order valence-corrected chi connectivity index (χ2v) is 6.45. The van der Waals surface area contributed by atoms with Crippen molar-refractivity contribution in [3.8, 4) is 17.6 Å². The number of nitriles is 1. The van der Waals surface area contributed by atoms with Crippen molar-refractivity contribution in [2.75, 3.05) is 20.8 Å². The number of hydrogen-bond acceptors (Lipinski definition) is 6.